The van der Waals surface area contributed by atoms with Crippen molar-refractivity contribution >= 4 is 15.8 Å². The molecule has 1 N–H and O–H groups in total. The Bertz CT molecular complexity index is 527. The van der Waals surface area contributed by atoms with E-state index in [9.17, 15) is 8.42 Å². The molecule has 0 spiro atoms. The van der Waals surface area contributed by atoms with Gasteiger partial charge in [0.15, 0.2) is 0 Å². The van der Waals surface area contributed by atoms with Crippen LogP contribution < -0.4 is 10.2 Å². The molecule has 2 heterocycles. The second-order valence-corrected chi connectivity index (χ2v) is 7.09. The van der Waals surface area contributed by atoms with Crippen LogP contribution in [0.1, 0.15) is 6.92 Å². The number of anilines is 1. The van der Waals surface area contributed by atoms with Gasteiger partial charge < -0.3 is 10.2 Å². The molecule has 0 aliphatic carbocycles. The average molecular weight is 284 g/mol. The smallest absolute Gasteiger partial charge is 0.244 e. The second-order valence-electron chi connectivity index (χ2n) is 4.94. The maximum atomic E-state index is 11.9. The van der Waals surface area contributed by atoms with Gasteiger partial charge in [0.05, 0.1) is 0 Å². The minimum Gasteiger partial charge on any atom is -0.354 e. The van der Waals surface area contributed by atoms with Crippen LogP contribution in [0, 0.1) is 0 Å². The average Bonchev–Trinajstić information content (AvgIpc) is 2.38. The molecule has 1 saturated heterocycles. The lowest BCUT2D eigenvalue weighted by molar-refractivity contribution is 0.482. The largest absolute Gasteiger partial charge is 0.354 e. The summed E-state index contributed by atoms with van der Waals surface area (Å²) < 4.78 is 25.1. The van der Waals surface area contributed by atoms with Crippen molar-refractivity contribution in [2.24, 2.45) is 0 Å². The molecule has 6 nitrogen and oxygen atoms in total. The molecule has 19 heavy (non-hydrogen) atoms. The minimum atomic E-state index is -3.40. The molecule has 1 fully saturated rings. The van der Waals surface area contributed by atoms with Crippen molar-refractivity contribution in [3.05, 3.63) is 18.3 Å². The summed E-state index contributed by atoms with van der Waals surface area (Å²) >= 11 is 0. The maximum absolute atomic E-state index is 11.9. The molecule has 1 aliphatic heterocycles. The molecule has 1 aromatic rings. The third kappa shape index (κ3) is 3.05. The molecule has 0 bridgehead atoms. The van der Waals surface area contributed by atoms with E-state index in [-0.39, 0.29) is 4.90 Å². The summed E-state index contributed by atoms with van der Waals surface area (Å²) in [7, 11) is -0.365. The second kappa shape index (κ2) is 5.44. The van der Waals surface area contributed by atoms with Crippen molar-refractivity contribution in [1.82, 2.24) is 14.6 Å². The van der Waals surface area contributed by atoms with E-state index >= 15 is 0 Å². The first-order valence-corrected chi connectivity index (χ1v) is 7.72. The molecule has 2 rings (SSSR count). The number of nitrogens with one attached hydrogen (secondary N) is 1. The normalized spacial score (nSPS) is 20.8. The zero-order chi connectivity index (χ0) is 14.0. The first-order valence-electron chi connectivity index (χ1n) is 6.28. The van der Waals surface area contributed by atoms with Gasteiger partial charge in [-0.1, -0.05) is 0 Å². The van der Waals surface area contributed by atoms with Crippen LogP contribution in [0.2, 0.25) is 0 Å². The van der Waals surface area contributed by atoms with Crippen molar-refractivity contribution in [3.63, 3.8) is 0 Å². The quantitative estimate of drug-likeness (QED) is 0.855. The fraction of sp³-hybridized carbons (Fsp3) is 0.583. The Kier molecular flexibility index (Phi) is 4.07. The summed E-state index contributed by atoms with van der Waals surface area (Å²) in [6.07, 6.45) is 1.43. The Labute approximate surface area is 114 Å². The number of hydrogen-bond acceptors (Lipinski definition) is 5. The van der Waals surface area contributed by atoms with Crippen molar-refractivity contribution < 1.29 is 8.42 Å². The van der Waals surface area contributed by atoms with Crippen molar-refractivity contribution in [2.45, 2.75) is 17.9 Å². The van der Waals surface area contributed by atoms with Crippen molar-refractivity contribution in [1.29, 1.82) is 0 Å². The summed E-state index contributed by atoms with van der Waals surface area (Å²) in [4.78, 5) is 6.66. The van der Waals surface area contributed by atoms with E-state index < -0.39 is 10.0 Å². The van der Waals surface area contributed by atoms with Crippen LogP contribution in [0.25, 0.3) is 0 Å². The van der Waals surface area contributed by atoms with Crippen LogP contribution in [-0.2, 0) is 10.0 Å². The lowest BCUT2D eigenvalue weighted by Crippen LogP contribution is -2.49. The first-order chi connectivity index (χ1) is 8.91. The third-order valence-electron chi connectivity index (χ3n) is 3.19. The fourth-order valence-corrected chi connectivity index (χ4v) is 2.91. The number of rotatable bonds is 3. The molecule has 1 aromatic heterocycles. The van der Waals surface area contributed by atoms with E-state index in [2.05, 4.69) is 22.1 Å². The molecule has 7 heteroatoms. The summed E-state index contributed by atoms with van der Waals surface area (Å²) in [5.41, 5.74) is 0. The predicted molar refractivity (Wildman–Crippen MR) is 74.8 cm³/mol. The van der Waals surface area contributed by atoms with Gasteiger partial charge in [-0.05, 0) is 19.1 Å². The SMILES string of the molecule is CC1CN(c2ccc(S(=O)(=O)N(C)C)cn2)CCN1. The molecule has 1 unspecified atom stereocenters. The zero-order valence-electron chi connectivity index (χ0n) is 11.5. The number of pyridine rings is 1. The molecule has 0 saturated carbocycles. The number of aromatic nitrogens is 1. The van der Waals surface area contributed by atoms with E-state index in [1.165, 1.54) is 24.6 Å². The van der Waals surface area contributed by atoms with E-state index in [4.69, 9.17) is 0 Å². The molecular weight excluding hydrogens is 264 g/mol. The van der Waals surface area contributed by atoms with E-state index in [1.54, 1.807) is 12.1 Å². The number of hydrogen-bond donors (Lipinski definition) is 1. The Morgan fingerprint density at radius 1 is 1.42 bits per heavy atom. The van der Waals surface area contributed by atoms with Gasteiger partial charge in [-0.15, -0.1) is 0 Å². The molecule has 106 valence electrons. The summed E-state index contributed by atoms with van der Waals surface area (Å²) in [5.74, 6) is 0.825. The molecule has 0 amide bonds. The van der Waals surface area contributed by atoms with Crippen LogP contribution in [0.15, 0.2) is 23.2 Å². The van der Waals surface area contributed by atoms with Gasteiger partial charge in [-0.25, -0.2) is 17.7 Å². The van der Waals surface area contributed by atoms with E-state index in [0.717, 1.165) is 25.5 Å². The molecule has 1 atom stereocenters. The highest BCUT2D eigenvalue weighted by Gasteiger charge is 2.20. The van der Waals surface area contributed by atoms with Gasteiger partial charge in [-0.2, -0.15) is 0 Å². The van der Waals surface area contributed by atoms with Crippen LogP contribution in [0.3, 0.4) is 0 Å². The van der Waals surface area contributed by atoms with Gasteiger partial charge in [0, 0.05) is 46.0 Å². The molecular formula is C12H20N4O2S. The highest BCUT2D eigenvalue weighted by Crippen LogP contribution is 2.17. The van der Waals surface area contributed by atoms with Crippen LogP contribution >= 0.6 is 0 Å². The standard InChI is InChI=1S/C12H20N4O2S/c1-10-9-16(7-6-13-10)12-5-4-11(8-14-12)19(17,18)15(2)3/h4-5,8,10,13H,6-7,9H2,1-3H3. The highest BCUT2D eigenvalue weighted by molar-refractivity contribution is 7.89. The van der Waals surface area contributed by atoms with E-state index in [0.29, 0.717) is 6.04 Å². The predicted octanol–water partition coefficient (Wildman–Crippen LogP) is 0.130. The number of piperazine rings is 1. The Balaban J connectivity index is 2.19. The van der Waals surface area contributed by atoms with Gasteiger partial charge in [0.1, 0.15) is 10.7 Å². The topological polar surface area (TPSA) is 65.5 Å². The minimum absolute atomic E-state index is 0.226. The summed E-state index contributed by atoms with van der Waals surface area (Å²) in [6, 6.07) is 3.81. The lowest BCUT2D eigenvalue weighted by atomic mass is 10.2. The third-order valence-corrected chi connectivity index (χ3v) is 4.99. The molecule has 0 radical (unpaired) electrons. The monoisotopic (exact) mass is 284 g/mol. The summed E-state index contributed by atoms with van der Waals surface area (Å²) in [6.45, 7) is 4.81. The Hall–Kier alpha value is -1.18. The molecule has 0 aromatic carbocycles. The Morgan fingerprint density at radius 3 is 2.68 bits per heavy atom. The van der Waals surface area contributed by atoms with Crippen LogP contribution in [0.5, 0.6) is 0 Å². The number of sulfonamides is 1. The molecule has 1 aliphatic rings. The fourth-order valence-electron chi connectivity index (χ4n) is 2.06. The summed E-state index contributed by atoms with van der Waals surface area (Å²) in [5, 5.41) is 3.36. The van der Waals surface area contributed by atoms with Crippen LogP contribution in [0.4, 0.5) is 5.82 Å². The van der Waals surface area contributed by atoms with Gasteiger partial charge in [-0.3, -0.25) is 0 Å². The zero-order valence-corrected chi connectivity index (χ0v) is 12.3. The maximum Gasteiger partial charge on any atom is 0.244 e. The van der Waals surface area contributed by atoms with E-state index in [1.807, 2.05) is 0 Å². The van der Waals surface area contributed by atoms with Gasteiger partial charge in [0.2, 0.25) is 10.0 Å². The van der Waals surface area contributed by atoms with Crippen molar-refractivity contribution in [3.8, 4) is 0 Å². The van der Waals surface area contributed by atoms with Crippen molar-refractivity contribution in [2.75, 3.05) is 38.6 Å². The lowest BCUT2D eigenvalue weighted by Gasteiger charge is -2.32. The van der Waals surface area contributed by atoms with Gasteiger partial charge in [0.25, 0.3) is 0 Å². The highest BCUT2D eigenvalue weighted by atomic mass is 32.2. The first kappa shape index (κ1) is 14.2. The van der Waals surface area contributed by atoms with Gasteiger partial charge >= 0.3 is 0 Å². The van der Waals surface area contributed by atoms with Crippen LogP contribution in [-0.4, -0.2) is 57.5 Å². The number of nitrogens with zero attached hydrogens (tertiary/aromatic N) is 3. The Morgan fingerprint density at radius 2 is 2.16 bits per heavy atom.